The van der Waals surface area contributed by atoms with E-state index < -0.39 is 32.0 Å². The van der Waals surface area contributed by atoms with Crippen LogP contribution in [-0.2, 0) is 30.7 Å². The van der Waals surface area contributed by atoms with E-state index in [1.165, 1.54) is 42.7 Å². The van der Waals surface area contributed by atoms with E-state index in [2.05, 4.69) is 0 Å². The monoisotopic (exact) mass is 397 g/mol. The van der Waals surface area contributed by atoms with Crippen LogP contribution in [0.15, 0.2) is 44.9 Å². The van der Waals surface area contributed by atoms with Crippen molar-refractivity contribution in [2.45, 2.75) is 37.6 Å². The summed E-state index contributed by atoms with van der Waals surface area (Å²) < 4.78 is 42.5. The summed E-state index contributed by atoms with van der Waals surface area (Å²) in [5.74, 6) is -0.411. The average molecular weight is 397 g/mol. The zero-order valence-corrected chi connectivity index (χ0v) is 16.5. The van der Waals surface area contributed by atoms with Crippen LogP contribution in [0.25, 0.3) is 0 Å². The zero-order valence-electron chi connectivity index (χ0n) is 15.7. The van der Waals surface area contributed by atoms with Crippen molar-refractivity contribution < 1.29 is 12.8 Å². The third-order valence-corrected chi connectivity index (χ3v) is 6.14. The van der Waals surface area contributed by atoms with Crippen LogP contribution in [0.5, 0.6) is 0 Å². The van der Waals surface area contributed by atoms with Crippen LogP contribution in [0.3, 0.4) is 0 Å². The van der Waals surface area contributed by atoms with Crippen molar-refractivity contribution in [1.29, 1.82) is 0 Å². The van der Waals surface area contributed by atoms with Crippen LogP contribution in [-0.4, -0.2) is 28.4 Å². The molecule has 1 aromatic carbocycles. The minimum atomic E-state index is -4.14. The topological polar surface area (TPSA) is 81.4 Å². The van der Waals surface area contributed by atoms with Gasteiger partial charge in [0.2, 0.25) is 10.0 Å². The lowest BCUT2D eigenvalue weighted by atomic mass is 10.2. The van der Waals surface area contributed by atoms with E-state index >= 15 is 0 Å². The van der Waals surface area contributed by atoms with Gasteiger partial charge in [0.25, 0.3) is 5.56 Å². The van der Waals surface area contributed by atoms with Gasteiger partial charge in [0.15, 0.2) is 4.90 Å². The molecule has 0 saturated heterocycles. The fourth-order valence-electron chi connectivity index (χ4n) is 2.71. The molecule has 0 aliphatic rings. The lowest BCUT2D eigenvalue weighted by Crippen LogP contribution is -2.42. The van der Waals surface area contributed by atoms with Gasteiger partial charge in [-0.2, -0.15) is 4.31 Å². The molecule has 0 bridgehead atoms. The minimum absolute atomic E-state index is 0.0122. The van der Waals surface area contributed by atoms with Crippen molar-refractivity contribution >= 4 is 10.0 Å². The van der Waals surface area contributed by atoms with E-state index in [9.17, 15) is 22.4 Å². The normalized spacial score (nSPS) is 11.9. The first kappa shape index (κ1) is 21.0. The summed E-state index contributed by atoms with van der Waals surface area (Å²) in [6.07, 6.45) is 3.42. The summed E-state index contributed by atoms with van der Waals surface area (Å²) >= 11 is 0. The highest BCUT2D eigenvalue weighted by molar-refractivity contribution is 7.89. The smallest absolute Gasteiger partial charge is 0.302 e. The van der Waals surface area contributed by atoms with Gasteiger partial charge in [0.05, 0.1) is 0 Å². The number of hydrogen-bond acceptors (Lipinski definition) is 4. The van der Waals surface area contributed by atoms with Gasteiger partial charge in [-0.25, -0.2) is 17.6 Å². The molecule has 27 heavy (non-hydrogen) atoms. The second kappa shape index (κ2) is 8.62. The summed E-state index contributed by atoms with van der Waals surface area (Å²) in [7, 11) is -1.50. The number of benzene rings is 1. The Bertz CT molecular complexity index is 1010. The van der Waals surface area contributed by atoms with E-state index in [1.54, 1.807) is 0 Å². The Morgan fingerprint density at radius 1 is 1.07 bits per heavy atom. The largest absolute Gasteiger partial charge is 0.330 e. The molecule has 0 atom stereocenters. The summed E-state index contributed by atoms with van der Waals surface area (Å²) in [6.45, 7) is 2.24. The lowest BCUT2D eigenvalue weighted by Gasteiger charge is -2.22. The van der Waals surface area contributed by atoms with Gasteiger partial charge in [0, 0.05) is 33.4 Å². The van der Waals surface area contributed by atoms with Crippen molar-refractivity contribution in [2.24, 2.45) is 14.1 Å². The van der Waals surface area contributed by atoms with E-state index in [4.69, 9.17) is 0 Å². The molecule has 2 aromatic rings. The molecule has 1 heterocycles. The highest BCUT2D eigenvalue weighted by Crippen LogP contribution is 2.17. The molecule has 0 aliphatic carbocycles. The van der Waals surface area contributed by atoms with Gasteiger partial charge >= 0.3 is 5.69 Å². The Morgan fingerprint density at radius 2 is 1.70 bits per heavy atom. The molecule has 0 fully saturated rings. The van der Waals surface area contributed by atoms with E-state index in [1.807, 2.05) is 6.92 Å². The van der Waals surface area contributed by atoms with Gasteiger partial charge < -0.3 is 4.57 Å². The maximum Gasteiger partial charge on any atom is 0.330 e. The number of aromatic nitrogens is 2. The minimum Gasteiger partial charge on any atom is -0.302 e. The molecular weight excluding hydrogens is 373 g/mol. The van der Waals surface area contributed by atoms with Crippen molar-refractivity contribution in [3.63, 3.8) is 0 Å². The molecule has 2 rings (SSSR count). The molecule has 7 nitrogen and oxygen atoms in total. The first-order chi connectivity index (χ1) is 12.7. The number of sulfonamides is 1. The third-order valence-electron chi connectivity index (χ3n) is 4.32. The van der Waals surface area contributed by atoms with E-state index in [0.717, 1.165) is 28.2 Å². The molecule has 0 amide bonds. The first-order valence-electron chi connectivity index (χ1n) is 8.69. The molecular formula is C18H24FN3O4S. The second-order valence-electron chi connectivity index (χ2n) is 6.42. The van der Waals surface area contributed by atoms with Crippen LogP contribution in [0.4, 0.5) is 4.39 Å². The standard InChI is InChI=1S/C18H24FN3O4S/c1-4-5-6-11-22(12-14-7-9-15(19)10-8-14)27(25,26)16-13-20(2)18(24)21(3)17(16)23/h7-10,13H,4-6,11-12H2,1-3H3. The van der Waals surface area contributed by atoms with E-state index in [0.29, 0.717) is 12.0 Å². The van der Waals surface area contributed by atoms with Gasteiger partial charge in [-0.3, -0.25) is 9.36 Å². The second-order valence-corrected chi connectivity index (χ2v) is 8.33. The fraction of sp³-hybridized carbons (Fsp3) is 0.444. The molecule has 0 radical (unpaired) electrons. The molecule has 0 unspecified atom stereocenters. The predicted octanol–water partition coefficient (Wildman–Crippen LogP) is 1.60. The first-order valence-corrected chi connectivity index (χ1v) is 10.1. The van der Waals surface area contributed by atoms with Crippen LogP contribution in [0.2, 0.25) is 0 Å². The summed E-state index contributed by atoms with van der Waals surface area (Å²) in [6, 6.07) is 5.54. The van der Waals surface area contributed by atoms with Crippen LogP contribution >= 0.6 is 0 Å². The van der Waals surface area contributed by atoms with Gasteiger partial charge in [-0.15, -0.1) is 0 Å². The van der Waals surface area contributed by atoms with Crippen molar-refractivity contribution in [3.8, 4) is 0 Å². The van der Waals surface area contributed by atoms with Crippen LogP contribution < -0.4 is 11.2 Å². The number of hydrogen-bond donors (Lipinski definition) is 0. The van der Waals surface area contributed by atoms with E-state index in [-0.39, 0.29) is 13.1 Å². The third kappa shape index (κ3) is 4.72. The number of halogens is 1. The average Bonchev–Trinajstić information content (AvgIpc) is 2.63. The van der Waals surface area contributed by atoms with Gasteiger partial charge in [-0.1, -0.05) is 31.9 Å². The Morgan fingerprint density at radius 3 is 2.30 bits per heavy atom. The van der Waals surface area contributed by atoms with Crippen molar-refractivity contribution in [3.05, 3.63) is 62.7 Å². The maximum absolute atomic E-state index is 13.2. The fourth-order valence-corrected chi connectivity index (χ4v) is 4.32. The predicted molar refractivity (Wildman–Crippen MR) is 100 cm³/mol. The lowest BCUT2D eigenvalue weighted by molar-refractivity contribution is 0.392. The molecule has 0 aliphatic heterocycles. The molecule has 9 heteroatoms. The van der Waals surface area contributed by atoms with Crippen molar-refractivity contribution in [2.75, 3.05) is 6.54 Å². The number of aryl methyl sites for hydroxylation is 1. The van der Waals surface area contributed by atoms with Gasteiger partial charge in [0.1, 0.15) is 5.82 Å². The van der Waals surface area contributed by atoms with Gasteiger partial charge in [-0.05, 0) is 24.1 Å². The number of nitrogens with zero attached hydrogens (tertiary/aromatic N) is 3. The molecule has 148 valence electrons. The number of unbranched alkanes of at least 4 members (excludes halogenated alkanes) is 2. The number of rotatable bonds is 8. The Balaban J connectivity index is 2.48. The molecule has 1 aromatic heterocycles. The highest BCUT2D eigenvalue weighted by atomic mass is 32.2. The molecule has 0 N–H and O–H groups in total. The summed E-state index contributed by atoms with van der Waals surface area (Å²) in [5, 5.41) is 0. The SMILES string of the molecule is CCCCCN(Cc1ccc(F)cc1)S(=O)(=O)c1cn(C)c(=O)n(C)c1=O. The highest BCUT2D eigenvalue weighted by Gasteiger charge is 2.28. The van der Waals surface area contributed by atoms with Crippen LogP contribution in [0.1, 0.15) is 31.7 Å². The van der Waals surface area contributed by atoms with Crippen molar-refractivity contribution in [1.82, 2.24) is 13.4 Å². The van der Waals surface area contributed by atoms with Crippen LogP contribution in [0, 0.1) is 5.82 Å². The quantitative estimate of drug-likeness (QED) is 0.634. The summed E-state index contributed by atoms with van der Waals surface area (Å²) in [4.78, 5) is 23.8. The Labute approximate surface area is 157 Å². The molecule has 0 spiro atoms. The Kier molecular flexibility index (Phi) is 6.72. The molecule has 0 saturated carbocycles. The maximum atomic E-state index is 13.2. The Hall–Kier alpha value is -2.26. The zero-order chi connectivity index (χ0) is 20.2. The summed E-state index contributed by atoms with van der Waals surface area (Å²) in [5.41, 5.74) is -0.856.